The summed E-state index contributed by atoms with van der Waals surface area (Å²) >= 11 is 0. The van der Waals surface area contributed by atoms with Crippen molar-refractivity contribution < 1.29 is 14.4 Å². The van der Waals surface area contributed by atoms with Crippen LogP contribution >= 0.6 is 0 Å². The van der Waals surface area contributed by atoms with Gasteiger partial charge in [-0.1, -0.05) is 5.16 Å². The van der Waals surface area contributed by atoms with E-state index in [2.05, 4.69) is 5.16 Å². The minimum Gasteiger partial charge on any atom is -0.480 e. The van der Waals surface area contributed by atoms with E-state index in [4.69, 9.17) is 15.4 Å². The Bertz CT molecular complexity index is 351. The van der Waals surface area contributed by atoms with Crippen LogP contribution in [-0.4, -0.2) is 39.8 Å². The molecule has 1 aromatic rings. The Morgan fingerprint density at radius 2 is 2.60 bits per heavy atom. The summed E-state index contributed by atoms with van der Waals surface area (Å²) < 4.78 is 4.94. The van der Waals surface area contributed by atoms with Crippen molar-refractivity contribution in [3.8, 4) is 0 Å². The number of carbonyl (C=O) groups is 1. The molecule has 1 unspecified atom stereocenters. The van der Waals surface area contributed by atoms with Gasteiger partial charge in [0.05, 0.1) is 12.7 Å². The van der Waals surface area contributed by atoms with Crippen LogP contribution in [0.4, 0.5) is 0 Å². The molecule has 1 fully saturated rings. The van der Waals surface area contributed by atoms with Crippen molar-refractivity contribution in [1.29, 1.82) is 0 Å². The van der Waals surface area contributed by atoms with Crippen LogP contribution < -0.4 is 5.73 Å². The predicted molar refractivity (Wildman–Crippen MR) is 51.0 cm³/mol. The zero-order valence-electron chi connectivity index (χ0n) is 8.22. The van der Waals surface area contributed by atoms with Crippen LogP contribution in [0.25, 0.3) is 0 Å². The van der Waals surface area contributed by atoms with Gasteiger partial charge in [0, 0.05) is 19.2 Å². The second kappa shape index (κ2) is 3.63. The van der Waals surface area contributed by atoms with Gasteiger partial charge in [-0.3, -0.25) is 9.69 Å². The van der Waals surface area contributed by atoms with Gasteiger partial charge < -0.3 is 15.4 Å². The van der Waals surface area contributed by atoms with Gasteiger partial charge in [0.15, 0.2) is 5.76 Å². The second-order valence-electron chi connectivity index (χ2n) is 3.90. The highest BCUT2D eigenvalue weighted by Crippen LogP contribution is 2.20. The first-order valence-electron chi connectivity index (χ1n) is 4.74. The lowest BCUT2D eigenvalue weighted by atomic mass is 10.0. The maximum absolute atomic E-state index is 10.9. The summed E-state index contributed by atoms with van der Waals surface area (Å²) in [5, 5.41) is 12.5. The quantitative estimate of drug-likeness (QED) is 0.710. The van der Waals surface area contributed by atoms with E-state index in [1.54, 1.807) is 12.3 Å². The first-order chi connectivity index (χ1) is 7.10. The molecule has 0 radical (unpaired) electrons. The number of hydrogen-bond acceptors (Lipinski definition) is 5. The van der Waals surface area contributed by atoms with E-state index in [9.17, 15) is 4.79 Å². The number of likely N-dealkylation sites (tertiary alicyclic amines) is 1. The zero-order valence-corrected chi connectivity index (χ0v) is 8.22. The van der Waals surface area contributed by atoms with Crippen LogP contribution in [0.2, 0.25) is 0 Å². The fraction of sp³-hybridized carbons (Fsp3) is 0.556. The molecule has 1 saturated heterocycles. The number of nitrogens with zero attached hydrogens (tertiary/aromatic N) is 2. The van der Waals surface area contributed by atoms with E-state index in [-0.39, 0.29) is 0 Å². The molecule has 15 heavy (non-hydrogen) atoms. The third kappa shape index (κ3) is 2.00. The van der Waals surface area contributed by atoms with Gasteiger partial charge in [0.1, 0.15) is 5.54 Å². The van der Waals surface area contributed by atoms with Crippen LogP contribution in [-0.2, 0) is 11.3 Å². The molecule has 1 aliphatic heterocycles. The van der Waals surface area contributed by atoms with Crippen molar-refractivity contribution >= 4 is 5.97 Å². The topological polar surface area (TPSA) is 92.6 Å². The third-order valence-corrected chi connectivity index (χ3v) is 2.68. The van der Waals surface area contributed by atoms with Gasteiger partial charge in [-0.05, 0) is 6.42 Å². The number of hydrogen-bond donors (Lipinski definition) is 2. The maximum Gasteiger partial charge on any atom is 0.325 e. The van der Waals surface area contributed by atoms with Gasteiger partial charge >= 0.3 is 5.97 Å². The second-order valence-corrected chi connectivity index (χ2v) is 3.90. The Kier molecular flexibility index (Phi) is 2.45. The monoisotopic (exact) mass is 211 g/mol. The van der Waals surface area contributed by atoms with Gasteiger partial charge in [0.25, 0.3) is 0 Å². The van der Waals surface area contributed by atoms with Crippen molar-refractivity contribution in [2.24, 2.45) is 5.73 Å². The lowest BCUT2D eigenvalue weighted by Crippen LogP contribution is -2.49. The molecule has 6 nitrogen and oxygen atoms in total. The highest BCUT2D eigenvalue weighted by molar-refractivity contribution is 5.79. The first kappa shape index (κ1) is 10.1. The van der Waals surface area contributed by atoms with Crippen molar-refractivity contribution in [1.82, 2.24) is 10.1 Å². The summed E-state index contributed by atoms with van der Waals surface area (Å²) in [7, 11) is 0. The van der Waals surface area contributed by atoms with E-state index < -0.39 is 11.5 Å². The molecular weight excluding hydrogens is 198 g/mol. The van der Waals surface area contributed by atoms with E-state index in [0.29, 0.717) is 26.1 Å². The van der Waals surface area contributed by atoms with Crippen molar-refractivity contribution in [2.75, 3.05) is 13.1 Å². The van der Waals surface area contributed by atoms with Crippen LogP contribution in [0, 0.1) is 0 Å². The molecule has 6 heteroatoms. The average molecular weight is 211 g/mol. The van der Waals surface area contributed by atoms with Crippen LogP contribution in [0.5, 0.6) is 0 Å². The van der Waals surface area contributed by atoms with Crippen LogP contribution in [0.15, 0.2) is 16.8 Å². The molecule has 0 saturated carbocycles. The van der Waals surface area contributed by atoms with Crippen LogP contribution in [0.1, 0.15) is 12.2 Å². The zero-order chi connectivity index (χ0) is 10.9. The van der Waals surface area contributed by atoms with Gasteiger partial charge in [-0.2, -0.15) is 0 Å². The summed E-state index contributed by atoms with van der Waals surface area (Å²) in [6, 6.07) is 1.76. The van der Waals surface area contributed by atoms with Crippen molar-refractivity contribution in [3.05, 3.63) is 18.0 Å². The highest BCUT2D eigenvalue weighted by atomic mass is 16.5. The number of rotatable bonds is 3. The Hall–Kier alpha value is -1.40. The normalized spacial score (nSPS) is 27.0. The lowest BCUT2D eigenvalue weighted by molar-refractivity contribution is -0.142. The Balaban J connectivity index is 1.96. The first-order valence-corrected chi connectivity index (χ1v) is 4.74. The van der Waals surface area contributed by atoms with E-state index in [0.717, 1.165) is 5.76 Å². The highest BCUT2D eigenvalue weighted by Gasteiger charge is 2.41. The minimum atomic E-state index is -1.11. The molecule has 0 aliphatic carbocycles. The molecular formula is C9H13N3O3. The molecule has 1 aliphatic rings. The SMILES string of the molecule is NC1(C(=O)O)CCN(Cc2ccno2)C1. The van der Waals surface area contributed by atoms with E-state index >= 15 is 0 Å². The standard InChI is InChI=1S/C9H13N3O3/c10-9(8(13)14)2-4-12(6-9)5-7-1-3-11-15-7/h1,3H,2,4-6,10H2,(H,13,14). The van der Waals surface area contributed by atoms with E-state index in [1.165, 1.54) is 0 Å². The Morgan fingerprint density at radius 3 is 3.13 bits per heavy atom. The molecule has 0 aromatic carbocycles. The largest absolute Gasteiger partial charge is 0.480 e. The predicted octanol–water partition coefficient (Wildman–Crippen LogP) is -0.338. The third-order valence-electron chi connectivity index (χ3n) is 2.68. The Labute approximate surface area is 86.6 Å². The lowest BCUT2D eigenvalue weighted by Gasteiger charge is -2.18. The summed E-state index contributed by atoms with van der Waals surface area (Å²) in [5.74, 6) is -0.216. The molecule has 3 N–H and O–H groups in total. The number of carboxylic acids is 1. The maximum atomic E-state index is 10.9. The Morgan fingerprint density at radius 1 is 1.80 bits per heavy atom. The fourth-order valence-electron chi connectivity index (χ4n) is 1.77. The van der Waals surface area contributed by atoms with Gasteiger partial charge in [0.2, 0.25) is 0 Å². The van der Waals surface area contributed by atoms with Crippen LogP contribution in [0.3, 0.4) is 0 Å². The number of carboxylic acid groups (broad SMARTS) is 1. The number of aromatic nitrogens is 1. The summed E-state index contributed by atoms with van der Waals surface area (Å²) in [6.07, 6.45) is 2.04. The molecule has 1 atom stereocenters. The molecule has 82 valence electrons. The molecule has 0 bridgehead atoms. The number of nitrogens with two attached hydrogens (primary N) is 1. The summed E-state index contributed by atoms with van der Waals surface area (Å²) in [5.41, 5.74) is 4.62. The van der Waals surface area contributed by atoms with Gasteiger partial charge in [-0.15, -0.1) is 0 Å². The molecule has 2 rings (SSSR count). The van der Waals surface area contributed by atoms with Crippen molar-refractivity contribution in [2.45, 2.75) is 18.5 Å². The summed E-state index contributed by atoms with van der Waals surface area (Å²) in [6.45, 7) is 1.58. The van der Waals surface area contributed by atoms with E-state index in [1.807, 2.05) is 4.90 Å². The summed E-state index contributed by atoms with van der Waals surface area (Å²) in [4.78, 5) is 12.8. The van der Waals surface area contributed by atoms with Gasteiger partial charge in [-0.25, -0.2) is 0 Å². The average Bonchev–Trinajstić information content (AvgIpc) is 2.77. The molecule has 0 amide bonds. The number of aliphatic carboxylic acids is 1. The fourth-order valence-corrected chi connectivity index (χ4v) is 1.77. The molecule has 1 aromatic heterocycles. The smallest absolute Gasteiger partial charge is 0.325 e. The molecule has 2 heterocycles. The minimum absolute atomic E-state index is 0.350. The molecule has 0 spiro atoms. The van der Waals surface area contributed by atoms with Crippen molar-refractivity contribution in [3.63, 3.8) is 0 Å².